The fourth-order valence-corrected chi connectivity index (χ4v) is 2.47. The lowest BCUT2D eigenvalue weighted by atomic mass is 9.94. The van der Waals surface area contributed by atoms with Crippen LogP contribution >= 0.6 is 0 Å². The molecule has 21 heavy (non-hydrogen) atoms. The van der Waals surface area contributed by atoms with E-state index in [9.17, 15) is 4.79 Å². The van der Waals surface area contributed by atoms with Crippen LogP contribution in [0, 0.1) is 0 Å². The van der Waals surface area contributed by atoms with Gasteiger partial charge in [-0.15, -0.1) is 0 Å². The molecule has 0 aliphatic heterocycles. The van der Waals surface area contributed by atoms with Gasteiger partial charge in [0, 0.05) is 6.54 Å². The highest BCUT2D eigenvalue weighted by Gasteiger charge is 2.29. The third-order valence-electron chi connectivity index (χ3n) is 3.95. The average Bonchev–Trinajstić information content (AvgIpc) is 2.46. The molecule has 0 radical (unpaired) electrons. The van der Waals surface area contributed by atoms with Crippen LogP contribution in [-0.4, -0.2) is 43.0 Å². The summed E-state index contributed by atoms with van der Waals surface area (Å²) in [5.74, 6) is -0.267. The number of hydrogen-bond acceptors (Lipinski definition) is 3. The van der Waals surface area contributed by atoms with Crippen molar-refractivity contribution in [3.05, 3.63) is 35.9 Å². The second-order valence-electron chi connectivity index (χ2n) is 5.87. The molecule has 0 aliphatic carbocycles. The van der Waals surface area contributed by atoms with Gasteiger partial charge in [0.1, 0.15) is 0 Å². The third-order valence-corrected chi connectivity index (χ3v) is 3.95. The van der Waals surface area contributed by atoms with Gasteiger partial charge in [-0.3, -0.25) is 4.79 Å². The quantitative estimate of drug-likeness (QED) is 0.691. The summed E-state index contributed by atoms with van der Waals surface area (Å²) < 4.78 is 0. The molecule has 0 bridgehead atoms. The molecule has 3 N–H and O–H groups in total. The SMILES string of the molecule is CCNC(C)(CCCN(C)CCc1ccccc1)C(N)=O. The molecule has 4 nitrogen and oxygen atoms in total. The summed E-state index contributed by atoms with van der Waals surface area (Å²) in [6.45, 7) is 6.64. The molecule has 1 amide bonds. The minimum absolute atomic E-state index is 0.267. The fraction of sp³-hybridized carbons (Fsp3) is 0.588. The molecule has 0 spiro atoms. The lowest BCUT2D eigenvalue weighted by molar-refractivity contribution is -0.124. The van der Waals surface area contributed by atoms with Gasteiger partial charge in [-0.1, -0.05) is 37.3 Å². The summed E-state index contributed by atoms with van der Waals surface area (Å²) in [6, 6.07) is 10.5. The first kappa shape index (κ1) is 17.7. The van der Waals surface area contributed by atoms with Gasteiger partial charge in [0.2, 0.25) is 5.91 Å². The Balaban J connectivity index is 2.29. The number of likely N-dealkylation sites (N-methyl/N-ethyl adjacent to an activating group) is 2. The molecule has 1 aromatic rings. The average molecular weight is 291 g/mol. The van der Waals surface area contributed by atoms with Crippen LogP contribution < -0.4 is 11.1 Å². The van der Waals surface area contributed by atoms with Gasteiger partial charge in [-0.2, -0.15) is 0 Å². The molecule has 1 rings (SSSR count). The lowest BCUT2D eigenvalue weighted by Crippen LogP contribution is -2.53. The molecule has 118 valence electrons. The Kier molecular flexibility index (Phi) is 7.40. The molecular weight excluding hydrogens is 262 g/mol. The molecule has 0 aromatic heterocycles. The molecule has 1 unspecified atom stereocenters. The maximum absolute atomic E-state index is 11.5. The Labute approximate surface area is 128 Å². The Morgan fingerprint density at radius 3 is 2.52 bits per heavy atom. The summed E-state index contributed by atoms with van der Waals surface area (Å²) >= 11 is 0. The zero-order valence-corrected chi connectivity index (χ0v) is 13.6. The van der Waals surface area contributed by atoms with Crippen LogP contribution in [0.3, 0.4) is 0 Å². The van der Waals surface area contributed by atoms with E-state index < -0.39 is 5.54 Å². The molecule has 0 aliphatic rings. The van der Waals surface area contributed by atoms with Crippen LogP contribution in [-0.2, 0) is 11.2 Å². The zero-order chi connectivity index (χ0) is 15.7. The van der Waals surface area contributed by atoms with Gasteiger partial charge in [0.15, 0.2) is 0 Å². The van der Waals surface area contributed by atoms with Gasteiger partial charge >= 0.3 is 0 Å². The summed E-state index contributed by atoms with van der Waals surface area (Å²) in [6.07, 6.45) is 2.78. The number of primary amides is 1. The molecule has 1 atom stereocenters. The number of nitrogens with one attached hydrogen (secondary N) is 1. The number of carbonyl (C=O) groups excluding carboxylic acids is 1. The van der Waals surface area contributed by atoms with Crippen LogP contribution in [0.5, 0.6) is 0 Å². The summed E-state index contributed by atoms with van der Waals surface area (Å²) in [5, 5.41) is 3.20. The number of nitrogens with zero attached hydrogens (tertiary/aromatic N) is 1. The maximum Gasteiger partial charge on any atom is 0.237 e. The molecule has 0 fully saturated rings. The molecule has 0 saturated carbocycles. The van der Waals surface area contributed by atoms with Gasteiger partial charge in [0.25, 0.3) is 0 Å². The minimum Gasteiger partial charge on any atom is -0.368 e. The van der Waals surface area contributed by atoms with Crippen LogP contribution in [0.25, 0.3) is 0 Å². The lowest BCUT2D eigenvalue weighted by Gasteiger charge is -2.28. The first-order chi connectivity index (χ1) is 9.98. The van der Waals surface area contributed by atoms with Crippen molar-refractivity contribution >= 4 is 5.91 Å². The Morgan fingerprint density at radius 2 is 1.95 bits per heavy atom. The van der Waals surface area contributed by atoms with E-state index in [1.54, 1.807) is 0 Å². The molecule has 0 saturated heterocycles. The van der Waals surface area contributed by atoms with E-state index in [1.807, 2.05) is 19.9 Å². The number of benzene rings is 1. The van der Waals surface area contributed by atoms with Crippen molar-refractivity contribution in [2.24, 2.45) is 5.73 Å². The van der Waals surface area contributed by atoms with Crippen LogP contribution in [0.2, 0.25) is 0 Å². The summed E-state index contributed by atoms with van der Waals surface area (Å²) in [5.41, 5.74) is 6.27. The number of carbonyl (C=O) groups is 1. The smallest absolute Gasteiger partial charge is 0.237 e. The molecule has 0 heterocycles. The summed E-state index contributed by atoms with van der Waals surface area (Å²) in [7, 11) is 2.12. The number of hydrogen-bond donors (Lipinski definition) is 2. The van der Waals surface area contributed by atoms with E-state index in [-0.39, 0.29) is 5.91 Å². The summed E-state index contributed by atoms with van der Waals surface area (Å²) in [4.78, 5) is 13.8. The van der Waals surface area contributed by atoms with Crippen LogP contribution in [0.15, 0.2) is 30.3 Å². The van der Waals surface area contributed by atoms with Crippen molar-refractivity contribution in [3.63, 3.8) is 0 Å². The number of nitrogens with two attached hydrogens (primary N) is 1. The van der Waals surface area contributed by atoms with Crippen molar-refractivity contribution in [1.82, 2.24) is 10.2 Å². The van der Waals surface area contributed by atoms with E-state index in [0.29, 0.717) is 0 Å². The minimum atomic E-state index is -0.588. The predicted molar refractivity (Wildman–Crippen MR) is 88.2 cm³/mol. The van der Waals surface area contributed by atoms with E-state index in [2.05, 4.69) is 41.5 Å². The van der Waals surface area contributed by atoms with Crippen molar-refractivity contribution in [3.8, 4) is 0 Å². The standard InChI is InChI=1S/C17H29N3O/c1-4-19-17(2,16(18)21)12-8-13-20(3)14-11-15-9-6-5-7-10-15/h5-7,9-10,19H,4,8,11-14H2,1-3H3,(H2,18,21). The highest BCUT2D eigenvalue weighted by Crippen LogP contribution is 2.12. The second kappa shape index (κ2) is 8.80. The van der Waals surface area contributed by atoms with E-state index in [4.69, 9.17) is 5.73 Å². The highest BCUT2D eigenvalue weighted by molar-refractivity contribution is 5.84. The van der Waals surface area contributed by atoms with E-state index in [0.717, 1.165) is 38.9 Å². The van der Waals surface area contributed by atoms with Gasteiger partial charge in [-0.25, -0.2) is 0 Å². The first-order valence-corrected chi connectivity index (χ1v) is 7.75. The fourth-order valence-electron chi connectivity index (χ4n) is 2.47. The van der Waals surface area contributed by atoms with Crippen LogP contribution in [0.4, 0.5) is 0 Å². The molecule has 4 heteroatoms. The normalized spacial score (nSPS) is 14.1. The largest absolute Gasteiger partial charge is 0.368 e. The highest BCUT2D eigenvalue weighted by atomic mass is 16.1. The molecule has 1 aromatic carbocycles. The maximum atomic E-state index is 11.5. The zero-order valence-electron chi connectivity index (χ0n) is 13.6. The number of amides is 1. The van der Waals surface area contributed by atoms with Crippen molar-refractivity contribution in [2.75, 3.05) is 26.7 Å². The molecular formula is C17H29N3O. The monoisotopic (exact) mass is 291 g/mol. The van der Waals surface area contributed by atoms with Gasteiger partial charge in [0.05, 0.1) is 5.54 Å². The third kappa shape index (κ3) is 6.27. The van der Waals surface area contributed by atoms with Crippen LogP contribution in [0.1, 0.15) is 32.3 Å². The topological polar surface area (TPSA) is 58.4 Å². The van der Waals surface area contributed by atoms with E-state index in [1.165, 1.54) is 5.56 Å². The first-order valence-electron chi connectivity index (χ1n) is 7.75. The van der Waals surface area contributed by atoms with Gasteiger partial charge < -0.3 is 16.0 Å². The second-order valence-corrected chi connectivity index (χ2v) is 5.87. The predicted octanol–water partition coefficient (Wildman–Crippen LogP) is 1.79. The van der Waals surface area contributed by atoms with Crippen molar-refractivity contribution in [2.45, 2.75) is 38.6 Å². The number of rotatable bonds is 10. The van der Waals surface area contributed by atoms with E-state index >= 15 is 0 Å². The Morgan fingerprint density at radius 1 is 1.29 bits per heavy atom. The van der Waals surface area contributed by atoms with Crippen molar-refractivity contribution in [1.29, 1.82) is 0 Å². The van der Waals surface area contributed by atoms with Gasteiger partial charge in [-0.05, 0) is 51.9 Å². The Hall–Kier alpha value is -1.39. The Bertz CT molecular complexity index is 421. The van der Waals surface area contributed by atoms with Crippen molar-refractivity contribution < 1.29 is 4.79 Å².